The molecule has 0 aliphatic rings. The third kappa shape index (κ3) is 2.16. The molecule has 0 atom stereocenters. The van der Waals surface area contributed by atoms with Gasteiger partial charge in [-0.05, 0) is 30.2 Å². The Bertz CT molecular complexity index is 474. The van der Waals surface area contributed by atoms with E-state index in [0.29, 0.717) is 5.69 Å². The van der Waals surface area contributed by atoms with Gasteiger partial charge in [-0.15, -0.1) is 12.6 Å². The topological polar surface area (TPSA) is 26.0 Å². The highest BCUT2D eigenvalue weighted by atomic mass is 32.1. The molecule has 0 heterocycles. The number of hydrogen-bond donors (Lipinski definition) is 2. The Morgan fingerprint density at radius 2 is 1.53 bits per heavy atom. The second-order valence-corrected chi connectivity index (χ2v) is 4.12. The van der Waals surface area contributed by atoms with Crippen molar-refractivity contribution >= 4 is 18.3 Å². The van der Waals surface area contributed by atoms with Crippen molar-refractivity contribution in [3.63, 3.8) is 0 Å². The molecule has 0 spiro atoms. The fraction of sp³-hybridized carbons (Fsp3) is 0.0769. The highest BCUT2D eigenvalue weighted by Gasteiger charge is 1.99. The number of nitrogens with two attached hydrogens (primary N) is 1. The molecule has 0 bridgehead atoms. The molecule has 0 saturated heterocycles. The number of aryl methyl sites for hydroxylation is 1. The van der Waals surface area contributed by atoms with E-state index in [1.165, 1.54) is 11.1 Å². The van der Waals surface area contributed by atoms with Crippen LogP contribution >= 0.6 is 12.6 Å². The third-order valence-corrected chi connectivity index (χ3v) is 2.80. The lowest BCUT2D eigenvalue weighted by Crippen LogP contribution is -1.87. The van der Waals surface area contributed by atoms with E-state index in [4.69, 9.17) is 5.73 Å². The maximum absolute atomic E-state index is 5.71. The van der Waals surface area contributed by atoms with Gasteiger partial charge in [-0.3, -0.25) is 0 Å². The minimum Gasteiger partial charge on any atom is -0.398 e. The van der Waals surface area contributed by atoms with Crippen LogP contribution in [0, 0.1) is 6.92 Å². The first-order valence-corrected chi connectivity index (χ1v) is 5.27. The van der Waals surface area contributed by atoms with Crippen LogP contribution in [-0.2, 0) is 0 Å². The molecular weight excluding hydrogens is 202 g/mol. The van der Waals surface area contributed by atoms with E-state index in [1.54, 1.807) is 0 Å². The molecule has 76 valence electrons. The average molecular weight is 215 g/mol. The van der Waals surface area contributed by atoms with Gasteiger partial charge in [-0.1, -0.05) is 35.9 Å². The molecule has 2 aromatic rings. The van der Waals surface area contributed by atoms with Crippen molar-refractivity contribution in [2.75, 3.05) is 5.73 Å². The van der Waals surface area contributed by atoms with Crippen molar-refractivity contribution in [1.82, 2.24) is 0 Å². The highest BCUT2D eigenvalue weighted by molar-refractivity contribution is 7.80. The quantitative estimate of drug-likeness (QED) is 0.552. The van der Waals surface area contributed by atoms with Gasteiger partial charge in [0.25, 0.3) is 0 Å². The zero-order valence-corrected chi connectivity index (χ0v) is 9.46. The van der Waals surface area contributed by atoms with Crippen LogP contribution in [-0.4, -0.2) is 0 Å². The van der Waals surface area contributed by atoms with E-state index in [9.17, 15) is 0 Å². The standard InChI is InChI=1S/C13H13NS/c1-9-2-4-10(5-3-9)11-6-7-12(14)13(15)8-11/h2-8,15H,14H2,1H3. The van der Waals surface area contributed by atoms with Crippen molar-refractivity contribution in [3.05, 3.63) is 48.0 Å². The maximum Gasteiger partial charge on any atom is 0.0450 e. The second kappa shape index (κ2) is 3.99. The van der Waals surface area contributed by atoms with E-state index >= 15 is 0 Å². The van der Waals surface area contributed by atoms with Gasteiger partial charge in [0, 0.05) is 10.6 Å². The van der Waals surface area contributed by atoms with Crippen LogP contribution in [0.4, 0.5) is 5.69 Å². The predicted octanol–water partition coefficient (Wildman–Crippen LogP) is 3.53. The summed E-state index contributed by atoms with van der Waals surface area (Å²) in [6, 6.07) is 14.3. The third-order valence-electron chi connectivity index (χ3n) is 2.42. The molecule has 2 heteroatoms. The van der Waals surface area contributed by atoms with E-state index in [1.807, 2.05) is 18.2 Å². The van der Waals surface area contributed by atoms with Gasteiger partial charge in [-0.25, -0.2) is 0 Å². The molecule has 2 N–H and O–H groups in total. The van der Waals surface area contributed by atoms with Crippen LogP contribution in [0.2, 0.25) is 0 Å². The first-order chi connectivity index (χ1) is 7.16. The SMILES string of the molecule is Cc1ccc(-c2ccc(N)c(S)c2)cc1. The Hall–Kier alpha value is -1.41. The van der Waals surface area contributed by atoms with E-state index < -0.39 is 0 Å². The van der Waals surface area contributed by atoms with Crippen LogP contribution in [0.1, 0.15) is 5.56 Å². The van der Waals surface area contributed by atoms with Crippen molar-refractivity contribution < 1.29 is 0 Å². The summed E-state index contributed by atoms with van der Waals surface area (Å²) in [6.07, 6.45) is 0. The predicted molar refractivity (Wildman–Crippen MR) is 68.3 cm³/mol. The lowest BCUT2D eigenvalue weighted by Gasteiger charge is -2.05. The lowest BCUT2D eigenvalue weighted by molar-refractivity contribution is 1.44. The minimum atomic E-state index is 0.717. The normalized spacial score (nSPS) is 10.3. The summed E-state index contributed by atoms with van der Waals surface area (Å²) in [5.41, 5.74) is 10.0. The van der Waals surface area contributed by atoms with Crippen LogP contribution in [0.15, 0.2) is 47.4 Å². The number of anilines is 1. The first kappa shape index (κ1) is 10.1. The second-order valence-electron chi connectivity index (χ2n) is 3.64. The number of thiol groups is 1. The van der Waals surface area contributed by atoms with E-state index in [0.717, 1.165) is 10.5 Å². The molecule has 1 nitrogen and oxygen atoms in total. The summed E-state index contributed by atoms with van der Waals surface area (Å²) in [4.78, 5) is 0.827. The summed E-state index contributed by atoms with van der Waals surface area (Å²) >= 11 is 4.31. The van der Waals surface area contributed by atoms with E-state index in [-0.39, 0.29) is 0 Å². The molecular formula is C13H13NS. The van der Waals surface area contributed by atoms with Gasteiger partial charge in [-0.2, -0.15) is 0 Å². The van der Waals surface area contributed by atoms with E-state index in [2.05, 4.69) is 43.8 Å². The molecule has 15 heavy (non-hydrogen) atoms. The van der Waals surface area contributed by atoms with Gasteiger partial charge in [0.2, 0.25) is 0 Å². The molecule has 0 unspecified atom stereocenters. The van der Waals surface area contributed by atoms with Gasteiger partial charge in [0.05, 0.1) is 0 Å². The summed E-state index contributed by atoms with van der Waals surface area (Å²) < 4.78 is 0. The number of rotatable bonds is 1. The monoisotopic (exact) mass is 215 g/mol. The minimum absolute atomic E-state index is 0.717. The zero-order valence-electron chi connectivity index (χ0n) is 8.57. The van der Waals surface area contributed by atoms with Crippen LogP contribution < -0.4 is 5.73 Å². The molecule has 2 aromatic carbocycles. The Balaban J connectivity index is 2.45. The van der Waals surface area contributed by atoms with Crippen molar-refractivity contribution in [2.45, 2.75) is 11.8 Å². The van der Waals surface area contributed by atoms with Gasteiger partial charge < -0.3 is 5.73 Å². The lowest BCUT2D eigenvalue weighted by atomic mass is 10.0. The van der Waals surface area contributed by atoms with Crippen molar-refractivity contribution in [1.29, 1.82) is 0 Å². The fourth-order valence-corrected chi connectivity index (χ4v) is 1.68. The zero-order chi connectivity index (χ0) is 10.8. The number of nitrogen functional groups attached to an aromatic ring is 1. The summed E-state index contributed by atoms with van der Waals surface area (Å²) in [5, 5.41) is 0. The molecule has 0 aliphatic heterocycles. The Labute approximate surface area is 95.3 Å². The first-order valence-electron chi connectivity index (χ1n) is 4.82. The van der Waals surface area contributed by atoms with Crippen LogP contribution in [0.25, 0.3) is 11.1 Å². The smallest absolute Gasteiger partial charge is 0.0450 e. The summed E-state index contributed by atoms with van der Waals surface area (Å²) in [7, 11) is 0. The molecule has 0 amide bonds. The Morgan fingerprint density at radius 3 is 2.13 bits per heavy atom. The van der Waals surface area contributed by atoms with Crippen molar-refractivity contribution in [3.8, 4) is 11.1 Å². The summed E-state index contributed by atoms with van der Waals surface area (Å²) in [6.45, 7) is 2.08. The molecule has 0 aliphatic carbocycles. The molecule has 0 aromatic heterocycles. The molecule has 2 rings (SSSR count). The number of benzene rings is 2. The number of hydrogen-bond acceptors (Lipinski definition) is 2. The molecule has 0 radical (unpaired) electrons. The van der Waals surface area contributed by atoms with Crippen molar-refractivity contribution in [2.24, 2.45) is 0 Å². The van der Waals surface area contributed by atoms with Crippen LogP contribution in [0.5, 0.6) is 0 Å². The molecule has 0 fully saturated rings. The van der Waals surface area contributed by atoms with Gasteiger partial charge >= 0.3 is 0 Å². The van der Waals surface area contributed by atoms with Crippen LogP contribution in [0.3, 0.4) is 0 Å². The Morgan fingerprint density at radius 1 is 0.933 bits per heavy atom. The van der Waals surface area contributed by atoms with Gasteiger partial charge in [0.1, 0.15) is 0 Å². The largest absolute Gasteiger partial charge is 0.398 e. The highest BCUT2D eigenvalue weighted by Crippen LogP contribution is 2.25. The fourth-order valence-electron chi connectivity index (χ4n) is 1.47. The molecule has 0 saturated carbocycles. The van der Waals surface area contributed by atoms with Gasteiger partial charge in [0.15, 0.2) is 0 Å². The average Bonchev–Trinajstić information content (AvgIpc) is 2.23. The maximum atomic E-state index is 5.71. The summed E-state index contributed by atoms with van der Waals surface area (Å²) in [5.74, 6) is 0. The Kier molecular flexibility index (Phi) is 2.69.